The highest BCUT2D eigenvalue weighted by atomic mass is 15.2. The Morgan fingerprint density at radius 3 is 2.16 bits per heavy atom. The number of anilines is 3. The molecule has 0 bridgehead atoms. The highest BCUT2D eigenvalue weighted by molar-refractivity contribution is 6.92. The van der Waals surface area contributed by atoms with Crippen LogP contribution in [0.5, 0.6) is 0 Å². The topological polar surface area (TPSA) is 36.3 Å². The second-order valence-corrected chi connectivity index (χ2v) is 9.89. The third kappa shape index (κ3) is 2.90. The number of para-hydroxylation sites is 2. The smallest absolute Gasteiger partial charge is 0.329 e. The summed E-state index contributed by atoms with van der Waals surface area (Å²) in [5, 5.41) is 3.31. The first kappa shape index (κ1) is 20.5. The molecule has 0 fully saturated rings. The van der Waals surface area contributed by atoms with Gasteiger partial charge in [0.05, 0.1) is 6.67 Å². The van der Waals surface area contributed by atoms with Crippen LogP contribution in [0.4, 0.5) is 17.1 Å². The lowest BCUT2D eigenvalue weighted by Crippen LogP contribution is -2.59. The highest BCUT2D eigenvalue weighted by Gasteiger charge is 2.42. The molecule has 0 saturated heterocycles. The lowest BCUT2D eigenvalue weighted by Gasteiger charge is -2.43. The number of benzene rings is 4. The number of hydrogen-bond donors (Lipinski definition) is 1. The quantitative estimate of drug-likeness (QED) is 0.370. The molecule has 1 aromatic heterocycles. The van der Waals surface area contributed by atoms with Gasteiger partial charge in [-0.1, -0.05) is 60.7 Å². The van der Waals surface area contributed by atoms with Crippen LogP contribution in [0, 0.1) is 0 Å². The summed E-state index contributed by atoms with van der Waals surface area (Å²) in [6.07, 6.45) is 7.99. The van der Waals surface area contributed by atoms with Crippen LogP contribution in [-0.2, 0) is 7.05 Å². The van der Waals surface area contributed by atoms with Gasteiger partial charge in [-0.25, -0.2) is 4.98 Å². The molecule has 5 aromatic rings. The summed E-state index contributed by atoms with van der Waals surface area (Å²) in [6, 6.07) is 31.4. The van der Waals surface area contributed by atoms with E-state index in [2.05, 4.69) is 123 Å². The van der Waals surface area contributed by atoms with E-state index in [0.717, 1.165) is 18.1 Å². The van der Waals surface area contributed by atoms with Crippen LogP contribution in [0.3, 0.4) is 0 Å². The number of nitrogens with zero attached hydrogens (tertiary/aromatic N) is 4. The predicted octanol–water partition coefficient (Wildman–Crippen LogP) is 4.83. The monoisotopic (exact) mass is 477 g/mol. The van der Waals surface area contributed by atoms with Gasteiger partial charge in [-0.2, -0.15) is 0 Å². The van der Waals surface area contributed by atoms with Crippen LogP contribution < -0.4 is 26.0 Å². The Hall–Kier alpha value is -4.71. The zero-order chi connectivity index (χ0) is 24.5. The largest absolute Gasteiger partial charge is 0.376 e. The van der Waals surface area contributed by atoms with E-state index < -0.39 is 0 Å². The van der Waals surface area contributed by atoms with Gasteiger partial charge in [-0.05, 0) is 46.3 Å². The molecule has 0 saturated carbocycles. The second-order valence-electron chi connectivity index (χ2n) is 9.89. The van der Waals surface area contributed by atoms with E-state index in [1.807, 2.05) is 18.6 Å². The van der Waals surface area contributed by atoms with Crippen LogP contribution in [0.2, 0.25) is 0 Å². The van der Waals surface area contributed by atoms with E-state index in [1.54, 1.807) is 0 Å². The molecular formula is C31H24BN5. The molecule has 0 atom stereocenters. The molecule has 6 heteroatoms. The van der Waals surface area contributed by atoms with Gasteiger partial charge in [-0.3, -0.25) is 0 Å². The van der Waals surface area contributed by atoms with Crippen molar-refractivity contribution < 1.29 is 0 Å². The first-order valence-corrected chi connectivity index (χ1v) is 12.7. The van der Waals surface area contributed by atoms with Crippen molar-refractivity contribution in [3.8, 4) is 33.6 Å². The van der Waals surface area contributed by atoms with Gasteiger partial charge in [0, 0.05) is 65.6 Å². The summed E-state index contributed by atoms with van der Waals surface area (Å²) in [4.78, 5) is 9.46. The van der Waals surface area contributed by atoms with Gasteiger partial charge in [-0.15, -0.1) is 0 Å². The van der Waals surface area contributed by atoms with Gasteiger partial charge < -0.3 is 19.6 Å². The summed E-state index contributed by atoms with van der Waals surface area (Å²) in [5.41, 5.74) is 12.6. The lowest BCUT2D eigenvalue weighted by atomic mass is 9.43. The number of aromatic nitrogens is 2. The molecule has 1 N–H and O–H groups in total. The number of nitrogens with one attached hydrogen (secondary N) is 1. The third-order valence-electron chi connectivity index (χ3n) is 7.89. The maximum Gasteiger partial charge on any atom is 0.329 e. The SMILES string of the molecule is Cn1ccnc1-c1ccc2c(c1)B1c3cc(N4C=CNC4)ccc3-c3ccccc3N1c1ccccc1-2. The van der Waals surface area contributed by atoms with Crippen molar-refractivity contribution >= 4 is 34.8 Å². The highest BCUT2D eigenvalue weighted by Crippen LogP contribution is 2.46. The van der Waals surface area contributed by atoms with E-state index in [0.29, 0.717) is 0 Å². The minimum Gasteiger partial charge on any atom is -0.376 e. The standard InChI is InChI=1S/C31H24BN5/c1-35-16-15-34-31(35)21-10-12-23-25-6-2-4-8-29(25)37-30-9-5-3-7-26(30)24-13-11-22(36-17-14-33-20-36)19-28(24)32(37)27(23)18-21/h2-19,33H,20H2,1H3. The van der Waals surface area contributed by atoms with Crippen molar-refractivity contribution in [1.82, 2.24) is 14.9 Å². The summed E-state index contributed by atoms with van der Waals surface area (Å²) >= 11 is 0. The van der Waals surface area contributed by atoms with Gasteiger partial charge in [0.1, 0.15) is 5.82 Å². The summed E-state index contributed by atoms with van der Waals surface area (Å²) < 4.78 is 2.09. The maximum atomic E-state index is 4.66. The van der Waals surface area contributed by atoms with Gasteiger partial charge in [0.15, 0.2) is 0 Å². The fourth-order valence-corrected chi connectivity index (χ4v) is 6.22. The summed E-state index contributed by atoms with van der Waals surface area (Å²) in [7, 11) is 2.05. The third-order valence-corrected chi connectivity index (χ3v) is 7.89. The lowest BCUT2D eigenvalue weighted by molar-refractivity contribution is 0.901. The molecule has 0 unspecified atom stereocenters. The molecule has 5 nitrogen and oxygen atoms in total. The van der Waals surface area contributed by atoms with Crippen LogP contribution >= 0.6 is 0 Å². The van der Waals surface area contributed by atoms with E-state index in [-0.39, 0.29) is 6.85 Å². The molecule has 4 aromatic carbocycles. The zero-order valence-electron chi connectivity index (χ0n) is 20.5. The Labute approximate surface area is 216 Å². The van der Waals surface area contributed by atoms with Crippen LogP contribution in [0.15, 0.2) is 110 Å². The number of rotatable bonds is 2. The second kappa shape index (κ2) is 7.64. The number of hydrogen-bond acceptors (Lipinski definition) is 4. The molecule has 4 heterocycles. The Morgan fingerprint density at radius 1 is 0.784 bits per heavy atom. The molecule has 3 aliphatic heterocycles. The molecule has 8 rings (SSSR count). The fourth-order valence-electron chi connectivity index (χ4n) is 6.22. The molecule has 0 spiro atoms. The minimum absolute atomic E-state index is 0.0505. The molecule has 3 aliphatic rings. The number of imidazole rings is 1. The van der Waals surface area contributed by atoms with E-state index in [9.17, 15) is 0 Å². The van der Waals surface area contributed by atoms with Crippen LogP contribution in [0.25, 0.3) is 33.6 Å². The van der Waals surface area contributed by atoms with Gasteiger partial charge in [0.2, 0.25) is 0 Å². The predicted molar refractivity (Wildman–Crippen MR) is 153 cm³/mol. The van der Waals surface area contributed by atoms with E-state index in [4.69, 9.17) is 0 Å². The summed E-state index contributed by atoms with van der Waals surface area (Å²) in [5.74, 6) is 0.978. The van der Waals surface area contributed by atoms with Crippen molar-refractivity contribution in [3.63, 3.8) is 0 Å². The molecule has 176 valence electrons. The first-order chi connectivity index (χ1) is 18.3. The van der Waals surface area contributed by atoms with Gasteiger partial charge in [0.25, 0.3) is 0 Å². The van der Waals surface area contributed by atoms with Crippen molar-refractivity contribution in [1.29, 1.82) is 0 Å². The minimum atomic E-state index is 0.0505. The molecular weight excluding hydrogens is 453 g/mol. The Kier molecular flexibility index (Phi) is 4.23. The van der Waals surface area contributed by atoms with Crippen molar-refractivity contribution in [2.24, 2.45) is 7.05 Å². The van der Waals surface area contributed by atoms with Crippen LogP contribution in [0.1, 0.15) is 0 Å². The summed E-state index contributed by atoms with van der Waals surface area (Å²) in [6.45, 7) is 0.835. The normalized spacial score (nSPS) is 14.5. The molecule has 37 heavy (non-hydrogen) atoms. The number of aryl methyl sites for hydroxylation is 1. The van der Waals surface area contributed by atoms with Crippen molar-refractivity contribution in [2.45, 2.75) is 0 Å². The Bertz CT molecular complexity index is 1740. The molecule has 0 amide bonds. The van der Waals surface area contributed by atoms with Crippen LogP contribution in [-0.4, -0.2) is 23.1 Å². The van der Waals surface area contributed by atoms with Gasteiger partial charge >= 0.3 is 6.85 Å². The molecule has 0 radical (unpaired) electrons. The van der Waals surface area contributed by atoms with E-state index >= 15 is 0 Å². The van der Waals surface area contributed by atoms with Crippen molar-refractivity contribution in [2.75, 3.05) is 16.4 Å². The average Bonchev–Trinajstić information content (AvgIpc) is 3.64. The van der Waals surface area contributed by atoms with Crippen molar-refractivity contribution in [3.05, 3.63) is 110 Å². The first-order valence-electron chi connectivity index (χ1n) is 12.7. The maximum absolute atomic E-state index is 4.66. The average molecular weight is 477 g/mol. The Morgan fingerprint density at radius 2 is 1.49 bits per heavy atom. The molecule has 0 aliphatic carbocycles. The van der Waals surface area contributed by atoms with E-state index in [1.165, 1.54) is 50.2 Å². The number of fused-ring (bicyclic) bond motifs is 11. The zero-order valence-corrected chi connectivity index (χ0v) is 20.5. The Balaban J connectivity index is 1.44. The fraction of sp³-hybridized carbons (Fsp3) is 0.0645.